The van der Waals surface area contributed by atoms with Crippen molar-refractivity contribution in [3.05, 3.63) is 35.4 Å². The van der Waals surface area contributed by atoms with Crippen LogP contribution in [0.5, 0.6) is 0 Å². The van der Waals surface area contributed by atoms with Crippen molar-refractivity contribution in [3.63, 3.8) is 0 Å². The summed E-state index contributed by atoms with van der Waals surface area (Å²) in [7, 11) is 0. The first-order valence-electron chi connectivity index (χ1n) is 8.26. The van der Waals surface area contributed by atoms with Gasteiger partial charge in [0.1, 0.15) is 0 Å². The van der Waals surface area contributed by atoms with Gasteiger partial charge in [-0.25, -0.2) is 0 Å². The number of ether oxygens (including phenoxy) is 1. The van der Waals surface area contributed by atoms with Gasteiger partial charge in [0.15, 0.2) is 0 Å². The molecule has 116 valence electrons. The molecular weight excluding hydrogens is 262 g/mol. The van der Waals surface area contributed by atoms with Crippen molar-refractivity contribution in [2.45, 2.75) is 57.8 Å². The highest BCUT2D eigenvalue weighted by Gasteiger charge is 2.58. The summed E-state index contributed by atoms with van der Waals surface area (Å²) in [4.78, 5) is 0. The van der Waals surface area contributed by atoms with Gasteiger partial charge in [0, 0.05) is 24.6 Å². The average molecular weight is 289 g/mol. The maximum Gasteiger partial charge on any atom is 0.0917 e. The van der Waals surface area contributed by atoms with E-state index in [2.05, 4.69) is 25.2 Å². The largest absolute Gasteiger partial charge is 0.387 e. The Labute approximate surface area is 127 Å². The molecule has 0 aliphatic heterocycles. The molecule has 2 N–H and O–H groups in total. The molecule has 1 aromatic rings. The van der Waals surface area contributed by atoms with Crippen molar-refractivity contribution >= 4 is 0 Å². The highest BCUT2D eigenvalue weighted by atomic mass is 16.5. The Bertz CT molecular complexity index is 484. The van der Waals surface area contributed by atoms with Crippen LogP contribution in [-0.2, 0) is 4.74 Å². The van der Waals surface area contributed by atoms with Crippen LogP contribution in [-0.4, -0.2) is 30.4 Å². The molecule has 0 amide bonds. The quantitative estimate of drug-likeness (QED) is 0.846. The fraction of sp³-hybridized carbons (Fsp3) is 0.667. The van der Waals surface area contributed by atoms with Crippen LogP contribution in [0.2, 0.25) is 0 Å². The van der Waals surface area contributed by atoms with Crippen molar-refractivity contribution in [1.29, 1.82) is 0 Å². The van der Waals surface area contributed by atoms with Crippen LogP contribution >= 0.6 is 0 Å². The normalized spacial score (nSPS) is 28.0. The van der Waals surface area contributed by atoms with Crippen molar-refractivity contribution in [3.8, 4) is 0 Å². The zero-order valence-corrected chi connectivity index (χ0v) is 13.1. The number of aliphatic hydroxyl groups is 1. The summed E-state index contributed by atoms with van der Waals surface area (Å²) in [5, 5.41) is 14.0. The topological polar surface area (TPSA) is 41.5 Å². The van der Waals surface area contributed by atoms with Crippen LogP contribution in [0.25, 0.3) is 0 Å². The SMILES string of the molecule is CCOC1CC(NCC(O)c2ccccc2C)C12CCC2. The van der Waals surface area contributed by atoms with Crippen molar-refractivity contribution in [1.82, 2.24) is 5.32 Å². The first kappa shape index (κ1) is 15.0. The van der Waals surface area contributed by atoms with Gasteiger partial charge in [0.2, 0.25) is 0 Å². The molecule has 0 saturated heterocycles. The van der Waals surface area contributed by atoms with E-state index in [0.717, 1.165) is 24.2 Å². The molecule has 21 heavy (non-hydrogen) atoms. The van der Waals surface area contributed by atoms with E-state index in [-0.39, 0.29) is 0 Å². The monoisotopic (exact) mass is 289 g/mol. The number of hydrogen-bond acceptors (Lipinski definition) is 3. The summed E-state index contributed by atoms with van der Waals surface area (Å²) in [6.07, 6.45) is 4.97. The van der Waals surface area contributed by atoms with Crippen molar-refractivity contribution in [2.24, 2.45) is 5.41 Å². The van der Waals surface area contributed by atoms with Gasteiger partial charge < -0.3 is 15.2 Å². The van der Waals surface area contributed by atoms with Crippen molar-refractivity contribution < 1.29 is 9.84 Å². The molecule has 0 heterocycles. The maximum absolute atomic E-state index is 10.4. The van der Waals surface area contributed by atoms with Crippen molar-refractivity contribution in [2.75, 3.05) is 13.2 Å². The molecule has 1 aromatic carbocycles. The number of hydrogen-bond donors (Lipinski definition) is 2. The molecule has 2 fully saturated rings. The lowest BCUT2D eigenvalue weighted by molar-refractivity contribution is -0.173. The summed E-state index contributed by atoms with van der Waals surface area (Å²) in [6, 6.07) is 8.60. The highest BCUT2D eigenvalue weighted by Crippen LogP contribution is 2.57. The van der Waals surface area contributed by atoms with Gasteiger partial charge in [-0.1, -0.05) is 30.7 Å². The average Bonchev–Trinajstić information content (AvgIpc) is 2.40. The predicted molar refractivity (Wildman–Crippen MR) is 84.2 cm³/mol. The van der Waals surface area contributed by atoms with Gasteiger partial charge in [0.05, 0.1) is 12.2 Å². The summed E-state index contributed by atoms with van der Waals surface area (Å²) in [6.45, 7) is 5.58. The summed E-state index contributed by atoms with van der Waals surface area (Å²) in [5.41, 5.74) is 2.56. The van der Waals surface area contributed by atoms with E-state index in [4.69, 9.17) is 4.74 Å². The summed E-state index contributed by atoms with van der Waals surface area (Å²) in [5.74, 6) is 0. The predicted octanol–water partition coefficient (Wildman–Crippen LogP) is 2.97. The van der Waals surface area contributed by atoms with Crippen LogP contribution in [0.1, 0.15) is 49.8 Å². The van der Waals surface area contributed by atoms with E-state index < -0.39 is 6.10 Å². The van der Waals surface area contributed by atoms with Gasteiger partial charge in [-0.15, -0.1) is 0 Å². The lowest BCUT2D eigenvalue weighted by Crippen LogP contribution is -2.67. The molecule has 2 aliphatic rings. The lowest BCUT2D eigenvalue weighted by Gasteiger charge is -2.61. The third-order valence-corrected chi connectivity index (χ3v) is 5.54. The second kappa shape index (κ2) is 6.07. The molecule has 0 aromatic heterocycles. The van der Waals surface area contributed by atoms with Gasteiger partial charge in [0.25, 0.3) is 0 Å². The fourth-order valence-corrected chi connectivity index (χ4v) is 4.05. The number of rotatable bonds is 6. The molecule has 3 heteroatoms. The molecule has 3 rings (SSSR count). The Morgan fingerprint density at radius 2 is 2.14 bits per heavy atom. The third kappa shape index (κ3) is 2.63. The zero-order chi connectivity index (χ0) is 14.9. The van der Waals surface area contributed by atoms with Crippen LogP contribution in [0.4, 0.5) is 0 Å². The molecule has 1 spiro atoms. The molecule has 3 atom stereocenters. The van der Waals surface area contributed by atoms with Crippen LogP contribution in [0, 0.1) is 12.3 Å². The van der Waals surface area contributed by atoms with Gasteiger partial charge in [-0.2, -0.15) is 0 Å². The second-order valence-corrected chi connectivity index (χ2v) is 6.60. The highest BCUT2D eigenvalue weighted by molar-refractivity contribution is 5.28. The Morgan fingerprint density at radius 1 is 1.38 bits per heavy atom. The van der Waals surface area contributed by atoms with Crippen LogP contribution in [0.3, 0.4) is 0 Å². The Balaban J connectivity index is 1.55. The smallest absolute Gasteiger partial charge is 0.0917 e. The van der Waals surface area contributed by atoms with E-state index in [0.29, 0.717) is 24.1 Å². The molecule has 2 aliphatic carbocycles. The Kier molecular flexibility index (Phi) is 4.34. The second-order valence-electron chi connectivity index (χ2n) is 6.60. The van der Waals surface area contributed by atoms with Gasteiger partial charge >= 0.3 is 0 Å². The molecule has 3 nitrogen and oxygen atoms in total. The van der Waals surface area contributed by atoms with E-state index in [1.807, 2.05) is 18.2 Å². The molecule has 0 bridgehead atoms. The summed E-state index contributed by atoms with van der Waals surface area (Å²) < 4.78 is 5.87. The standard InChI is InChI=1S/C18H27NO2/c1-3-21-17-11-16(18(17)9-6-10-18)19-12-15(20)14-8-5-4-7-13(14)2/h4-5,7-8,15-17,19-20H,3,6,9-12H2,1-2H3. The number of benzene rings is 1. The van der Waals surface area contributed by atoms with Gasteiger partial charge in [-0.05, 0) is 44.2 Å². The summed E-state index contributed by atoms with van der Waals surface area (Å²) >= 11 is 0. The maximum atomic E-state index is 10.4. The van der Waals surface area contributed by atoms with E-state index in [1.165, 1.54) is 19.3 Å². The minimum absolute atomic E-state index is 0.363. The number of aryl methyl sites for hydroxylation is 1. The van der Waals surface area contributed by atoms with Gasteiger partial charge in [-0.3, -0.25) is 0 Å². The number of aliphatic hydroxyl groups excluding tert-OH is 1. The molecule has 0 radical (unpaired) electrons. The minimum Gasteiger partial charge on any atom is -0.387 e. The zero-order valence-electron chi connectivity index (χ0n) is 13.1. The van der Waals surface area contributed by atoms with E-state index >= 15 is 0 Å². The first-order valence-corrected chi connectivity index (χ1v) is 8.26. The Hall–Kier alpha value is -0.900. The number of nitrogens with one attached hydrogen (secondary N) is 1. The van der Waals surface area contributed by atoms with Crippen LogP contribution < -0.4 is 5.32 Å². The van der Waals surface area contributed by atoms with Crippen LogP contribution in [0.15, 0.2) is 24.3 Å². The molecule has 2 saturated carbocycles. The van der Waals surface area contributed by atoms with E-state index in [1.54, 1.807) is 0 Å². The third-order valence-electron chi connectivity index (χ3n) is 5.54. The minimum atomic E-state index is -0.422. The fourth-order valence-electron chi connectivity index (χ4n) is 4.05. The van der Waals surface area contributed by atoms with E-state index in [9.17, 15) is 5.11 Å². The molecular formula is C18H27NO2. The Morgan fingerprint density at radius 3 is 2.76 bits per heavy atom. The molecule has 3 unspecified atom stereocenters. The lowest BCUT2D eigenvalue weighted by atomic mass is 9.51. The first-order chi connectivity index (χ1) is 10.2.